The first-order valence-corrected chi connectivity index (χ1v) is 7.96. The van der Waals surface area contributed by atoms with Gasteiger partial charge in [0.05, 0.1) is 18.7 Å². The number of carbonyl (C=O) groups excluding carboxylic acids is 1. The molecule has 0 aromatic heterocycles. The summed E-state index contributed by atoms with van der Waals surface area (Å²) in [4.78, 5) is 11.8. The van der Waals surface area contributed by atoms with E-state index in [1.54, 1.807) is 0 Å². The highest BCUT2D eigenvalue weighted by Gasteiger charge is 2.21. The highest BCUT2D eigenvalue weighted by molar-refractivity contribution is 5.76. The number of hydrogen-bond donors (Lipinski definition) is 1. The van der Waals surface area contributed by atoms with Gasteiger partial charge in [-0.1, -0.05) is 56.3 Å². The summed E-state index contributed by atoms with van der Waals surface area (Å²) in [5, 5.41) is 12.4. The maximum absolute atomic E-state index is 11.8. The molecule has 0 saturated carbocycles. The normalized spacial score (nSPS) is 11.8. The molecule has 1 unspecified atom stereocenters. The molecular weight excluding hydrogens is 300 g/mol. The van der Waals surface area contributed by atoms with E-state index in [0.717, 1.165) is 16.7 Å². The van der Waals surface area contributed by atoms with Gasteiger partial charge in [-0.05, 0) is 28.7 Å². The van der Waals surface area contributed by atoms with E-state index in [1.165, 1.54) is 7.11 Å². The van der Waals surface area contributed by atoms with E-state index in [9.17, 15) is 10.1 Å². The van der Waals surface area contributed by atoms with E-state index in [4.69, 9.17) is 4.74 Å². The van der Waals surface area contributed by atoms with Crippen molar-refractivity contribution in [2.45, 2.75) is 26.4 Å². The lowest BCUT2D eigenvalue weighted by Crippen LogP contribution is -2.41. The van der Waals surface area contributed by atoms with Crippen LogP contribution in [0.5, 0.6) is 0 Å². The third-order valence-electron chi connectivity index (χ3n) is 3.96. The number of nitrogens with zero attached hydrogens (tertiary/aromatic N) is 1. The Balaban J connectivity index is 2.10. The van der Waals surface area contributed by atoms with Crippen LogP contribution in [0.3, 0.4) is 0 Å². The summed E-state index contributed by atoms with van der Waals surface area (Å²) in [7, 11) is 1.40. The summed E-state index contributed by atoms with van der Waals surface area (Å²) in [5.74, 6) is -0.0937. The van der Waals surface area contributed by atoms with Crippen LogP contribution in [0.1, 0.15) is 25.0 Å². The molecule has 0 aliphatic heterocycles. The Bertz CT molecular complexity index is 730. The van der Waals surface area contributed by atoms with Crippen LogP contribution in [0.15, 0.2) is 48.5 Å². The summed E-state index contributed by atoms with van der Waals surface area (Å²) in [6, 6.07) is 17.4. The molecule has 0 spiro atoms. The molecule has 1 N–H and O–H groups in total. The summed E-state index contributed by atoms with van der Waals surface area (Å²) >= 11 is 0. The molecule has 0 fully saturated rings. The first kappa shape index (κ1) is 17.7. The largest absolute Gasteiger partial charge is 0.468 e. The SMILES string of the molecule is COC(=O)C(NCc1ccc(-c2ccccc2C#N)cc1)C(C)C. The molecule has 0 saturated heterocycles. The first-order chi connectivity index (χ1) is 11.6. The molecule has 0 aliphatic carbocycles. The zero-order valence-electron chi connectivity index (χ0n) is 14.2. The lowest BCUT2D eigenvalue weighted by molar-refractivity contribution is -0.144. The molecule has 2 aromatic carbocycles. The van der Waals surface area contributed by atoms with E-state index >= 15 is 0 Å². The molecule has 1 atom stereocenters. The molecule has 124 valence electrons. The van der Waals surface area contributed by atoms with Gasteiger partial charge in [-0.15, -0.1) is 0 Å². The molecule has 0 bridgehead atoms. The van der Waals surface area contributed by atoms with Crippen molar-refractivity contribution in [3.63, 3.8) is 0 Å². The van der Waals surface area contributed by atoms with Crippen molar-refractivity contribution < 1.29 is 9.53 Å². The van der Waals surface area contributed by atoms with Crippen LogP contribution >= 0.6 is 0 Å². The molecule has 0 aliphatic rings. The molecule has 0 radical (unpaired) electrons. The minimum Gasteiger partial charge on any atom is -0.468 e. The summed E-state index contributed by atoms with van der Waals surface area (Å²) in [6.45, 7) is 4.55. The number of ether oxygens (including phenoxy) is 1. The van der Waals surface area contributed by atoms with E-state index in [1.807, 2.05) is 62.4 Å². The Morgan fingerprint density at radius 1 is 1.17 bits per heavy atom. The Morgan fingerprint density at radius 3 is 2.42 bits per heavy atom. The number of esters is 1. The number of nitrogens with one attached hydrogen (secondary N) is 1. The predicted octanol–water partition coefficient (Wildman–Crippen LogP) is 3.51. The van der Waals surface area contributed by atoms with Gasteiger partial charge in [0.1, 0.15) is 6.04 Å². The van der Waals surface area contributed by atoms with E-state index in [-0.39, 0.29) is 17.9 Å². The fraction of sp³-hybridized carbons (Fsp3) is 0.300. The molecule has 0 heterocycles. The van der Waals surface area contributed by atoms with Crippen molar-refractivity contribution in [3.05, 3.63) is 59.7 Å². The second kappa shape index (κ2) is 8.28. The van der Waals surface area contributed by atoms with Crippen LogP contribution in [0.4, 0.5) is 0 Å². The van der Waals surface area contributed by atoms with Crippen molar-refractivity contribution in [3.8, 4) is 17.2 Å². The lowest BCUT2D eigenvalue weighted by atomic mass is 9.99. The van der Waals surface area contributed by atoms with Gasteiger partial charge in [-0.3, -0.25) is 4.79 Å². The predicted molar refractivity (Wildman–Crippen MR) is 94.1 cm³/mol. The van der Waals surface area contributed by atoms with E-state index in [2.05, 4.69) is 11.4 Å². The number of carbonyl (C=O) groups is 1. The van der Waals surface area contributed by atoms with Crippen LogP contribution in [0, 0.1) is 17.2 Å². The van der Waals surface area contributed by atoms with Gasteiger partial charge in [-0.2, -0.15) is 5.26 Å². The fourth-order valence-electron chi connectivity index (χ4n) is 2.58. The van der Waals surface area contributed by atoms with Gasteiger partial charge in [0, 0.05) is 6.54 Å². The van der Waals surface area contributed by atoms with Crippen LogP contribution in [0.25, 0.3) is 11.1 Å². The minimum absolute atomic E-state index is 0.152. The first-order valence-electron chi connectivity index (χ1n) is 7.96. The molecule has 0 amide bonds. The number of benzene rings is 2. The lowest BCUT2D eigenvalue weighted by Gasteiger charge is -2.20. The van der Waals surface area contributed by atoms with Crippen LogP contribution < -0.4 is 5.32 Å². The Kier molecular flexibility index (Phi) is 6.11. The second-order valence-electron chi connectivity index (χ2n) is 5.98. The molecule has 4 heteroatoms. The van der Waals surface area contributed by atoms with Gasteiger partial charge >= 0.3 is 5.97 Å². The Hall–Kier alpha value is -2.64. The third-order valence-corrected chi connectivity index (χ3v) is 3.96. The molecule has 2 rings (SSSR count). The van der Waals surface area contributed by atoms with Gasteiger partial charge in [0.15, 0.2) is 0 Å². The topological polar surface area (TPSA) is 62.1 Å². The van der Waals surface area contributed by atoms with E-state index < -0.39 is 0 Å². The Morgan fingerprint density at radius 2 is 1.83 bits per heavy atom. The quantitative estimate of drug-likeness (QED) is 0.827. The molecule has 4 nitrogen and oxygen atoms in total. The average Bonchev–Trinajstić information content (AvgIpc) is 2.61. The smallest absolute Gasteiger partial charge is 0.323 e. The highest BCUT2D eigenvalue weighted by atomic mass is 16.5. The summed E-state index contributed by atoms with van der Waals surface area (Å²) in [5.41, 5.74) is 3.66. The average molecular weight is 322 g/mol. The molecular formula is C20H22N2O2. The van der Waals surface area contributed by atoms with Crippen molar-refractivity contribution in [1.29, 1.82) is 5.26 Å². The third kappa shape index (κ3) is 4.21. The van der Waals surface area contributed by atoms with Gasteiger partial charge in [-0.25, -0.2) is 0 Å². The highest BCUT2D eigenvalue weighted by Crippen LogP contribution is 2.23. The number of rotatable bonds is 6. The van der Waals surface area contributed by atoms with Crippen molar-refractivity contribution in [2.24, 2.45) is 5.92 Å². The van der Waals surface area contributed by atoms with Crippen molar-refractivity contribution in [1.82, 2.24) is 5.32 Å². The molecule has 2 aromatic rings. The van der Waals surface area contributed by atoms with Crippen LogP contribution in [0.2, 0.25) is 0 Å². The summed E-state index contributed by atoms with van der Waals surface area (Å²) < 4.78 is 4.83. The van der Waals surface area contributed by atoms with Crippen molar-refractivity contribution >= 4 is 5.97 Å². The maximum atomic E-state index is 11.8. The zero-order valence-corrected chi connectivity index (χ0v) is 14.2. The number of methoxy groups -OCH3 is 1. The monoisotopic (exact) mass is 322 g/mol. The number of nitriles is 1. The fourth-order valence-corrected chi connectivity index (χ4v) is 2.58. The second-order valence-corrected chi connectivity index (χ2v) is 5.98. The number of hydrogen-bond acceptors (Lipinski definition) is 4. The Labute approximate surface area is 143 Å². The van der Waals surface area contributed by atoms with Crippen LogP contribution in [-0.4, -0.2) is 19.1 Å². The minimum atomic E-state index is -0.325. The van der Waals surface area contributed by atoms with Crippen LogP contribution in [-0.2, 0) is 16.1 Å². The zero-order chi connectivity index (χ0) is 17.5. The van der Waals surface area contributed by atoms with E-state index in [0.29, 0.717) is 12.1 Å². The standard InChI is InChI=1S/C20H22N2O2/c1-14(2)19(20(23)24-3)22-13-15-8-10-16(11-9-15)18-7-5-4-6-17(18)12-21/h4-11,14,19,22H,13H2,1-3H3. The summed E-state index contributed by atoms with van der Waals surface area (Å²) in [6.07, 6.45) is 0. The molecule has 24 heavy (non-hydrogen) atoms. The van der Waals surface area contributed by atoms with Gasteiger partial charge < -0.3 is 10.1 Å². The van der Waals surface area contributed by atoms with Crippen molar-refractivity contribution in [2.75, 3.05) is 7.11 Å². The van der Waals surface area contributed by atoms with Gasteiger partial charge in [0.25, 0.3) is 0 Å². The maximum Gasteiger partial charge on any atom is 0.323 e. The van der Waals surface area contributed by atoms with Gasteiger partial charge in [0.2, 0.25) is 0 Å².